The number of urea groups is 1. The first-order valence-electron chi connectivity index (χ1n) is 4.18. The molecule has 0 aromatic heterocycles. The lowest BCUT2D eigenvalue weighted by Gasteiger charge is -2.03. The Morgan fingerprint density at radius 1 is 1.21 bits per heavy atom. The number of aryl methyl sites for hydroxylation is 2. The molecule has 4 nitrogen and oxygen atoms in total. The predicted molar refractivity (Wildman–Crippen MR) is 53.0 cm³/mol. The van der Waals surface area contributed by atoms with Crippen molar-refractivity contribution in [2.75, 3.05) is 0 Å². The van der Waals surface area contributed by atoms with E-state index < -0.39 is 11.9 Å². The van der Waals surface area contributed by atoms with Gasteiger partial charge in [-0.15, -0.1) is 0 Å². The van der Waals surface area contributed by atoms with E-state index in [1.165, 1.54) is 0 Å². The van der Waals surface area contributed by atoms with Crippen molar-refractivity contribution in [3.63, 3.8) is 0 Å². The number of primary amides is 1. The van der Waals surface area contributed by atoms with E-state index >= 15 is 0 Å². The third-order valence-corrected chi connectivity index (χ3v) is 2.01. The maximum absolute atomic E-state index is 11.3. The van der Waals surface area contributed by atoms with Gasteiger partial charge < -0.3 is 5.73 Å². The minimum atomic E-state index is -0.840. The molecule has 0 aliphatic rings. The van der Waals surface area contributed by atoms with Crippen molar-refractivity contribution in [2.24, 2.45) is 5.73 Å². The number of amides is 3. The largest absolute Gasteiger partial charge is 0.351 e. The zero-order chi connectivity index (χ0) is 10.7. The molecule has 0 aliphatic carbocycles. The summed E-state index contributed by atoms with van der Waals surface area (Å²) in [6, 6.07) is 4.35. The Kier molecular flexibility index (Phi) is 2.86. The summed E-state index contributed by atoms with van der Waals surface area (Å²) in [5.41, 5.74) is 7.36. The van der Waals surface area contributed by atoms with Crippen molar-refractivity contribution in [3.8, 4) is 0 Å². The van der Waals surface area contributed by atoms with Crippen LogP contribution in [0.1, 0.15) is 21.5 Å². The van der Waals surface area contributed by atoms with Gasteiger partial charge in [-0.2, -0.15) is 0 Å². The predicted octanol–water partition coefficient (Wildman–Crippen LogP) is 1.11. The summed E-state index contributed by atoms with van der Waals surface area (Å²) in [5, 5.41) is 2.01. The van der Waals surface area contributed by atoms with Gasteiger partial charge in [-0.05, 0) is 37.1 Å². The summed E-state index contributed by atoms with van der Waals surface area (Å²) < 4.78 is 0. The van der Waals surface area contributed by atoms with Crippen LogP contribution in [0, 0.1) is 13.8 Å². The molecular formula is C10H12N2O2. The average molecular weight is 192 g/mol. The topological polar surface area (TPSA) is 72.2 Å². The molecule has 0 atom stereocenters. The fraction of sp³-hybridized carbons (Fsp3) is 0.200. The van der Waals surface area contributed by atoms with Crippen LogP contribution in [0.25, 0.3) is 0 Å². The Morgan fingerprint density at radius 3 is 2.36 bits per heavy atom. The van der Waals surface area contributed by atoms with E-state index in [1.807, 2.05) is 25.2 Å². The summed E-state index contributed by atoms with van der Waals surface area (Å²) in [4.78, 5) is 21.7. The second kappa shape index (κ2) is 3.91. The summed E-state index contributed by atoms with van der Waals surface area (Å²) in [7, 11) is 0. The minimum Gasteiger partial charge on any atom is -0.351 e. The van der Waals surface area contributed by atoms with Gasteiger partial charge in [0, 0.05) is 5.56 Å². The van der Waals surface area contributed by atoms with Crippen molar-refractivity contribution in [2.45, 2.75) is 13.8 Å². The lowest BCUT2D eigenvalue weighted by atomic mass is 10.1. The summed E-state index contributed by atoms with van der Waals surface area (Å²) in [6.45, 7) is 3.85. The van der Waals surface area contributed by atoms with Gasteiger partial charge >= 0.3 is 6.03 Å². The van der Waals surface area contributed by atoms with Gasteiger partial charge in [0.1, 0.15) is 0 Å². The first-order valence-corrected chi connectivity index (χ1v) is 4.18. The summed E-state index contributed by atoms with van der Waals surface area (Å²) >= 11 is 0. The maximum Gasteiger partial charge on any atom is 0.319 e. The van der Waals surface area contributed by atoms with Crippen LogP contribution in [0.5, 0.6) is 0 Å². The van der Waals surface area contributed by atoms with E-state index in [0.717, 1.165) is 11.1 Å². The van der Waals surface area contributed by atoms with Crippen LogP contribution in [-0.4, -0.2) is 11.9 Å². The first kappa shape index (κ1) is 10.2. The Hall–Kier alpha value is -1.84. The smallest absolute Gasteiger partial charge is 0.319 e. The van der Waals surface area contributed by atoms with Gasteiger partial charge in [-0.25, -0.2) is 4.79 Å². The molecular weight excluding hydrogens is 180 g/mol. The number of nitrogens with one attached hydrogen (secondary N) is 1. The van der Waals surface area contributed by atoms with Gasteiger partial charge in [0.05, 0.1) is 0 Å². The number of rotatable bonds is 1. The second-order valence-electron chi connectivity index (χ2n) is 3.12. The number of benzene rings is 1. The molecule has 4 heteroatoms. The van der Waals surface area contributed by atoms with Crippen molar-refractivity contribution >= 4 is 11.9 Å². The van der Waals surface area contributed by atoms with Crippen molar-refractivity contribution in [1.29, 1.82) is 0 Å². The van der Waals surface area contributed by atoms with E-state index in [2.05, 4.69) is 0 Å². The van der Waals surface area contributed by atoms with Crippen molar-refractivity contribution in [1.82, 2.24) is 5.32 Å². The second-order valence-corrected chi connectivity index (χ2v) is 3.12. The van der Waals surface area contributed by atoms with Gasteiger partial charge in [0.25, 0.3) is 5.91 Å². The van der Waals surface area contributed by atoms with Gasteiger partial charge in [0.15, 0.2) is 0 Å². The molecule has 0 bridgehead atoms. The van der Waals surface area contributed by atoms with Crippen LogP contribution in [0.4, 0.5) is 4.79 Å². The fourth-order valence-electron chi connectivity index (χ4n) is 1.07. The minimum absolute atomic E-state index is 0.437. The quantitative estimate of drug-likeness (QED) is 0.699. The third kappa shape index (κ3) is 2.32. The molecule has 0 radical (unpaired) electrons. The lowest BCUT2D eigenvalue weighted by molar-refractivity contribution is 0.0966. The molecule has 0 fully saturated rings. The normalized spacial score (nSPS) is 9.57. The molecule has 74 valence electrons. The lowest BCUT2D eigenvalue weighted by Crippen LogP contribution is -2.34. The molecule has 1 rings (SSSR count). The molecule has 0 saturated carbocycles. The van der Waals surface area contributed by atoms with Gasteiger partial charge in [0.2, 0.25) is 0 Å². The van der Waals surface area contributed by atoms with Crippen molar-refractivity contribution in [3.05, 3.63) is 34.9 Å². The van der Waals surface area contributed by atoms with E-state index in [-0.39, 0.29) is 0 Å². The summed E-state index contributed by atoms with van der Waals surface area (Å²) in [5.74, 6) is -0.472. The highest BCUT2D eigenvalue weighted by Gasteiger charge is 2.07. The van der Waals surface area contributed by atoms with Crippen molar-refractivity contribution < 1.29 is 9.59 Å². The fourth-order valence-corrected chi connectivity index (χ4v) is 1.07. The third-order valence-electron chi connectivity index (χ3n) is 2.01. The summed E-state index contributed by atoms with van der Waals surface area (Å²) in [6.07, 6.45) is 0. The van der Waals surface area contributed by atoms with Crippen LogP contribution >= 0.6 is 0 Å². The highest BCUT2D eigenvalue weighted by Crippen LogP contribution is 2.09. The van der Waals surface area contributed by atoms with E-state index in [9.17, 15) is 9.59 Å². The zero-order valence-electron chi connectivity index (χ0n) is 8.13. The molecule has 0 saturated heterocycles. The number of carbonyl (C=O) groups excluding carboxylic acids is 2. The van der Waals surface area contributed by atoms with Gasteiger partial charge in [-0.1, -0.05) is 6.07 Å². The highest BCUT2D eigenvalue weighted by molar-refractivity contribution is 6.03. The number of nitrogens with two attached hydrogens (primary N) is 1. The van der Waals surface area contributed by atoms with E-state index in [0.29, 0.717) is 5.56 Å². The number of carbonyl (C=O) groups is 2. The molecule has 1 aromatic carbocycles. The molecule has 1 aromatic rings. The number of hydrogen-bond donors (Lipinski definition) is 2. The van der Waals surface area contributed by atoms with Crippen LogP contribution in [0.3, 0.4) is 0 Å². The Bertz CT molecular complexity index is 386. The van der Waals surface area contributed by atoms with Gasteiger partial charge in [-0.3, -0.25) is 10.1 Å². The van der Waals surface area contributed by atoms with Crippen LogP contribution < -0.4 is 11.1 Å². The molecule has 0 spiro atoms. The van der Waals surface area contributed by atoms with E-state index in [4.69, 9.17) is 5.73 Å². The highest BCUT2D eigenvalue weighted by atomic mass is 16.2. The molecule has 3 amide bonds. The zero-order valence-corrected chi connectivity index (χ0v) is 8.13. The molecule has 0 heterocycles. The maximum atomic E-state index is 11.3. The SMILES string of the molecule is Cc1ccc(C(=O)NC(N)=O)cc1C. The van der Waals surface area contributed by atoms with Crippen LogP contribution in [0.2, 0.25) is 0 Å². The monoisotopic (exact) mass is 192 g/mol. The Morgan fingerprint density at radius 2 is 1.86 bits per heavy atom. The Labute approximate surface area is 82.1 Å². The number of hydrogen-bond acceptors (Lipinski definition) is 2. The van der Waals surface area contributed by atoms with E-state index in [1.54, 1.807) is 12.1 Å². The molecule has 3 N–H and O–H groups in total. The molecule has 0 unspecified atom stereocenters. The molecule has 0 aliphatic heterocycles. The number of imide groups is 1. The van der Waals surface area contributed by atoms with Crippen LogP contribution in [0.15, 0.2) is 18.2 Å². The average Bonchev–Trinajstić information content (AvgIpc) is 2.08. The standard InChI is InChI=1S/C10H12N2O2/c1-6-3-4-8(5-7(6)2)9(13)12-10(11)14/h3-5H,1-2H3,(H3,11,12,13,14). The van der Waals surface area contributed by atoms with Crippen LogP contribution in [-0.2, 0) is 0 Å². The molecule has 14 heavy (non-hydrogen) atoms. The Balaban J connectivity index is 2.91. The first-order chi connectivity index (χ1) is 6.50.